The maximum absolute atomic E-state index is 12.7. The Bertz CT molecular complexity index is 423. The number of halogens is 1. The minimum atomic E-state index is -0.727. The Balaban J connectivity index is 2.53. The number of aromatic nitrogens is 1. The highest BCUT2D eigenvalue weighted by Crippen LogP contribution is 1.97. The molecule has 1 rings (SSSR count). The number of nitrogens with one attached hydrogen (secondary N) is 1. The van der Waals surface area contributed by atoms with E-state index in [-0.39, 0.29) is 18.1 Å². The van der Waals surface area contributed by atoms with E-state index in [4.69, 9.17) is 0 Å². The quantitative estimate of drug-likeness (QED) is 0.775. The predicted octanol–water partition coefficient (Wildman–Crippen LogP) is 0.429. The molecule has 0 radical (unpaired) electrons. The van der Waals surface area contributed by atoms with E-state index in [2.05, 4.69) is 10.3 Å². The zero-order valence-electron chi connectivity index (χ0n) is 9.74. The molecular formula is C11H14FN3O2. The highest BCUT2D eigenvalue weighted by molar-refractivity contribution is 5.94. The lowest BCUT2D eigenvalue weighted by atomic mass is 10.3. The molecule has 0 saturated carbocycles. The first-order valence-electron chi connectivity index (χ1n) is 5.19. The standard InChI is InChI=1S/C11H14FN3O2/c1-3-15(2)10(16)7-13-11(17)8-5-4-6-9(12)14-8/h4-6H,3,7H2,1-2H3,(H,13,17). The van der Waals surface area contributed by atoms with Crippen LogP contribution in [-0.4, -0.2) is 41.8 Å². The van der Waals surface area contributed by atoms with Crippen LogP contribution in [0.25, 0.3) is 0 Å². The summed E-state index contributed by atoms with van der Waals surface area (Å²) in [7, 11) is 1.63. The number of nitrogens with zero attached hydrogens (tertiary/aromatic N) is 2. The van der Waals surface area contributed by atoms with Crippen LogP contribution in [0.1, 0.15) is 17.4 Å². The third-order valence-electron chi connectivity index (χ3n) is 2.25. The Morgan fingerprint density at radius 1 is 1.47 bits per heavy atom. The van der Waals surface area contributed by atoms with Gasteiger partial charge in [0.25, 0.3) is 5.91 Å². The van der Waals surface area contributed by atoms with Crippen molar-refractivity contribution in [1.29, 1.82) is 0 Å². The second-order valence-electron chi connectivity index (χ2n) is 3.44. The van der Waals surface area contributed by atoms with Crippen LogP contribution >= 0.6 is 0 Å². The summed E-state index contributed by atoms with van der Waals surface area (Å²) in [5.74, 6) is -1.51. The molecule has 1 aromatic rings. The van der Waals surface area contributed by atoms with Gasteiger partial charge in [-0.2, -0.15) is 4.39 Å². The first-order chi connectivity index (χ1) is 8.04. The van der Waals surface area contributed by atoms with Crippen LogP contribution in [0.5, 0.6) is 0 Å². The molecular weight excluding hydrogens is 225 g/mol. The van der Waals surface area contributed by atoms with E-state index < -0.39 is 11.9 Å². The number of carbonyl (C=O) groups is 2. The fourth-order valence-corrected chi connectivity index (χ4v) is 1.09. The van der Waals surface area contributed by atoms with Crippen LogP contribution in [0, 0.1) is 5.95 Å². The van der Waals surface area contributed by atoms with Crippen molar-refractivity contribution in [2.24, 2.45) is 0 Å². The number of rotatable bonds is 4. The Hall–Kier alpha value is -1.98. The summed E-state index contributed by atoms with van der Waals surface area (Å²) in [6.07, 6.45) is 0. The van der Waals surface area contributed by atoms with E-state index in [1.807, 2.05) is 6.92 Å². The van der Waals surface area contributed by atoms with Crippen LogP contribution in [0.15, 0.2) is 18.2 Å². The van der Waals surface area contributed by atoms with E-state index in [1.54, 1.807) is 7.05 Å². The topological polar surface area (TPSA) is 62.3 Å². The lowest BCUT2D eigenvalue weighted by Gasteiger charge is -2.14. The molecule has 0 atom stereocenters. The minimum absolute atomic E-state index is 0.0445. The molecule has 0 fully saturated rings. The molecule has 0 spiro atoms. The molecule has 1 aromatic heterocycles. The van der Waals surface area contributed by atoms with E-state index in [0.29, 0.717) is 6.54 Å². The van der Waals surface area contributed by atoms with Crippen molar-refractivity contribution < 1.29 is 14.0 Å². The van der Waals surface area contributed by atoms with E-state index in [0.717, 1.165) is 6.07 Å². The number of carbonyl (C=O) groups excluding carboxylic acids is 2. The van der Waals surface area contributed by atoms with Gasteiger partial charge < -0.3 is 10.2 Å². The molecule has 0 bridgehead atoms. The van der Waals surface area contributed by atoms with Crippen molar-refractivity contribution in [3.8, 4) is 0 Å². The van der Waals surface area contributed by atoms with Crippen molar-refractivity contribution in [2.75, 3.05) is 20.1 Å². The molecule has 0 aromatic carbocycles. The number of likely N-dealkylation sites (N-methyl/N-ethyl adjacent to an activating group) is 1. The van der Waals surface area contributed by atoms with Crippen LogP contribution < -0.4 is 5.32 Å². The third-order valence-corrected chi connectivity index (χ3v) is 2.25. The molecule has 6 heteroatoms. The fraction of sp³-hybridized carbons (Fsp3) is 0.364. The molecule has 92 valence electrons. The Kier molecular flexibility index (Phi) is 4.56. The summed E-state index contributed by atoms with van der Waals surface area (Å²) >= 11 is 0. The molecule has 0 aliphatic heterocycles. The minimum Gasteiger partial charge on any atom is -0.345 e. The van der Waals surface area contributed by atoms with Crippen molar-refractivity contribution in [3.05, 3.63) is 29.8 Å². The summed E-state index contributed by atoms with van der Waals surface area (Å²) in [6, 6.07) is 3.91. The first-order valence-corrected chi connectivity index (χ1v) is 5.19. The fourth-order valence-electron chi connectivity index (χ4n) is 1.09. The van der Waals surface area contributed by atoms with Crippen LogP contribution in [-0.2, 0) is 4.79 Å². The highest BCUT2D eigenvalue weighted by atomic mass is 19.1. The molecule has 0 aliphatic carbocycles. The summed E-state index contributed by atoms with van der Waals surface area (Å²) in [4.78, 5) is 27.8. The average molecular weight is 239 g/mol. The summed E-state index contributed by atoms with van der Waals surface area (Å²) in [5.41, 5.74) is -0.0445. The smallest absolute Gasteiger partial charge is 0.270 e. The van der Waals surface area contributed by atoms with Gasteiger partial charge in [-0.25, -0.2) is 4.98 Å². The van der Waals surface area contributed by atoms with Gasteiger partial charge in [0.1, 0.15) is 5.69 Å². The molecule has 1 N–H and O–H groups in total. The van der Waals surface area contributed by atoms with Gasteiger partial charge in [-0.05, 0) is 19.1 Å². The number of pyridine rings is 1. The van der Waals surface area contributed by atoms with Gasteiger partial charge in [-0.1, -0.05) is 6.07 Å². The van der Waals surface area contributed by atoms with Crippen LogP contribution in [0.4, 0.5) is 4.39 Å². The highest BCUT2D eigenvalue weighted by Gasteiger charge is 2.11. The maximum atomic E-state index is 12.7. The van der Waals surface area contributed by atoms with E-state index >= 15 is 0 Å². The number of amides is 2. The first kappa shape index (κ1) is 13.1. The van der Waals surface area contributed by atoms with Gasteiger partial charge in [-0.3, -0.25) is 9.59 Å². The number of hydrogen-bond acceptors (Lipinski definition) is 3. The van der Waals surface area contributed by atoms with Gasteiger partial charge in [0.15, 0.2) is 0 Å². The van der Waals surface area contributed by atoms with E-state index in [9.17, 15) is 14.0 Å². The lowest BCUT2D eigenvalue weighted by molar-refractivity contribution is -0.128. The Morgan fingerprint density at radius 2 is 2.18 bits per heavy atom. The predicted molar refractivity (Wildman–Crippen MR) is 59.8 cm³/mol. The van der Waals surface area contributed by atoms with Crippen LogP contribution in [0.2, 0.25) is 0 Å². The largest absolute Gasteiger partial charge is 0.345 e. The molecule has 5 nitrogen and oxygen atoms in total. The zero-order valence-corrected chi connectivity index (χ0v) is 9.74. The van der Waals surface area contributed by atoms with Crippen molar-refractivity contribution in [3.63, 3.8) is 0 Å². The Morgan fingerprint density at radius 3 is 2.76 bits per heavy atom. The van der Waals surface area contributed by atoms with Gasteiger partial charge in [0.05, 0.1) is 6.54 Å². The summed E-state index contributed by atoms with van der Waals surface area (Å²) in [5, 5.41) is 2.38. The SMILES string of the molecule is CCN(C)C(=O)CNC(=O)c1cccc(F)n1. The maximum Gasteiger partial charge on any atom is 0.270 e. The molecule has 0 aliphatic rings. The average Bonchev–Trinajstić information content (AvgIpc) is 2.34. The molecule has 17 heavy (non-hydrogen) atoms. The van der Waals surface area contributed by atoms with E-state index in [1.165, 1.54) is 17.0 Å². The number of hydrogen-bond donors (Lipinski definition) is 1. The van der Waals surface area contributed by atoms with Gasteiger partial charge in [0.2, 0.25) is 11.9 Å². The molecule has 0 unspecified atom stereocenters. The van der Waals surface area contributed by atoms with Gasteiger partial charge in [-0.15, -0.1) is 0 Å². The van der Waals surface area contributed by atoms with Crippen LogP contribution in [0.3, 0.4) is 0 Å². The second kappa shape index (κ2) is 5.93. The lowest BCUT2D eigenvalue weighted by Crippen LogP contribution is -2.38. The molecule has 1 heterocycles. The molecule has 0 saturated heterocycles. The second-order valence-corrected chi connectivity index (χ2v) is 3.44. The van der Waals surface area contributed by atoms with Crippen molar-refractivity contribution in [1.82, 2.24) is 15.2 Å². The normalized spacial score (nSPS) is 9.82. The molecule has 2 amide bonds. The zero-order chi connectivity index (χ0) is 12.8. The van der Waals surface area contributed by atoms with Gasteiger partial charge in [0, 0.05) is 13.6 Å². The van der Waals surface area contributed by atoms with Crippen molar-refractivity contribution in [2.45, 2.75) is 6.92 Å². The summed E-state index contributed by atoms with van der Waals surface area (Å²) < 4.78 is 12.7. The van der Waals surface area contributed by atoms with Crippen molar-refractivity contribution >= 4 is 11.8 Å². The monoisotopic (exact) mass is 239 g/mol. The third kappa shape index (κ3) is 3.82. The Labute approximate surface area is 98.6 Å². The van der Waals surface area contributed by atoms with Gasteiger partial charge >= 0.3 is 0 Å². The summed E-state index contributed by atoms with van der Waals surface area (Å²) in [6.45, 7) is 2.27.